The Balaban J connectivity index is 2.59. The van der Waals surface area contributed by atoms with Crippen LogP contribution in [0.25, 0.3) is 10.6 Å². The topological polar surface area (TPSA) is 51.8 Å². The fourth-order valence-electron chi connectivity index (χ4n) is 1.25. The van der Waals surface area contributed by atoms with E-state index in [1.54, 1.807) is 17.5 Å². The van der Waals surface area contributed by atoms with Crippen molar-refractivity contribution in [3.63, 3.8) is 0 Å². The highest BCUT2D eigenvalue weighted by Crippen LogP contribution is 2.27. The largest absolute Gasteiger partial charge is 0.389 e. The summed E-state index contributed by atoms with van der Waals surface area (Å²) >= 11 is 8.11. The molecular formula is C10H9N3S3. The van der Waals surface area contributed by atoms with Crippen LogP contribution in [0.4, 0.5) is 0 Å². The van der Waals surface area contributed by atoms with Gasteiger partial charge in [-0.2, -0.15) is 0 Å². The first-order chi connectivity index (χ1) is 7.72. The van der Waals surface area contributed by atoms with Crippen molar-refractivity contribution in [3.8, 4) is 10.6 Å². The van der Waals surface area contributed by atoms with Crippen molar-refractivity contribution in [2.24, 2.45) is 5.73 Å². The molecule has 82 valence electrons. The van der Waals surface area contributed by atoms with E-state index < -0.39 is 0 Å². The molecule has 2 aromatic rings. The molecule has 0 amide bonds. The summed E-state index contributed by atoms with van der Waals surface area (Å²) in [4.78, 5) is 10.0. The van der Waals surface area contributed by atoms with Gasteiger partial charge in [0.05, 0.1) is 16.1 Å². The molecule has 0 aliphatic carbocycles. The molecule has 6 heteroatoms. The van der Waals surface area contributed by atoms with Crippen LogP contribution < -0.4 is 5.73 Å². The molecule has 0 saturated heterocycles. The molecule has 0 aliphatic heterocycles. The molecule has 3 nitrogen and oxygen atoms in total. The first-order valence-corrected chi connectivity index (χ1v) is 6.98. The zero-order valence-electron chi connectivity index (χ0n) is 8.51. The highest BCUT2D eigenvalue weighted by molar-refractivity contribution is 7.98. The first kappa shape index (κ1) is 11.5. The number of hydrogen-bond acceptors (Lipinski definition) is 5. The summed E-state index contributed by atoms with van der Waals surface area (Å²) in [5.74, 6) is 0. The standard InChI is InChI=1S/C10H9N3S3/c1-15-10-12-5-6(9(11)14)8(13-10)7-3-2-4-16-7/h2-5H,1H3,(H2,11,14). The smallest absolute Gasteiger partial charge is 0.187 e. The molecule has 0 spiro atoms. The fourth-order valence-corrected chi connectivity index (χ4v) is 2.46. The Morgan fingerprint density at radius 1 is 1.56 bits per heavy atom. The zero-order chi connectivity index (χ0) is 11.5. The molecule has 0 atom stereocenters. The average Bonchev–Trinajstić information content (AvgIpc) is 2.81. The van der Waals surface area contributed by atoms with Crippen molar-refractivity contribution in [2.75, 3.05) is 6.26 Å². The number of thiophene rings is 1. The Hall–Kier alpha value is -0.980. The van der Waals surface area contributed by atoms with E-state index in [9.17, 15) is 0 Å². The van der Waals surface area contributed by atoms with E-state index in [1.165, 1.54) is 11.8 Å². The second kappa shape index (κ2) is 4.90. The Morgan fingerprint density at radius 3 is 2.94 bits per heavy atom. The van der Waals surface area contributed by atoms with Gasteiger partial charge in [0.1, 0.15) is 4.99 Å². The maximum Gasteiger partial charge on any atom is 0.187 e. The number of thiocarbonyl (C=S) groups is 1. The van der Waals surface area contributed by atoms with E-state index in [0.717, 1.165) is 21.3 Å². The van der Waals surface area contributed by atoms with Gasteiger partial charge in [0.15, 0.2) is 5.16 Å². The van der Waals surface area contributed by atoms with Crippen LogP contribution in [0.15, 0.2) is 28.9 Å². The van der Waals surface area contributed by atoms with Gasteiger partial charge in [0.25, 0.3) is 0 Å². The monoisotopic (exact) mass is 267 g/mol. The third-order valence-corrected chi connectivity index (χ3v) is 3.63. The number of thioether (sulfide) groups is 1. The number of aromatic nitrogens is 2. The minimum Gasteiger partial charge on any atom is -0.389 e. The van der Waals surface area contributed by atoms with Gasteiger partial charge in [-0.05, 0) is 17.7 Å². The first-order valence-electron chi connectivity index (χ1n) is 4.47. The molecular weight excluding hydrogens is 258 g/mol. The zero-order valence-corrected chi connectivity index (χ0v) is 11.0. The van der Waals surface area contributed by atoms with Gasteiger partial charge in [0.2, 0.25) is 0 Å². The SMILES string of the molecule is CSc1ncc(C(N)=S)c(-c2cccs2)n1. The highest BCUT2D eigenvalue weighted by atomic mass is 32.2. The summed E-state index contributed by atoms with van der Waals surface area (Å²) in [6, 6.07) is 3.98. The van der Waals surface area contributed by atoms with E-state index in [2.05, 4.69) is 9.97 Å². The number of nitrogens with two attached hydrogens (primary N) is 1. The van der Waals surface area contributed by atoms with Crippen molar-refractivity contribution in [1.82, 2.24) is 9.97 Å². The van der Waals surface area contributed by atoms with Gasteiger partial charge in [0, 0.05) is 6.20 Å². The Morgan fingerprint density at radius 2 is 2.38 bits per heavy atom. The van der Waals surface area contributed by atoms with Gasteiger partial charge in [-0.3, -0.25) is 0 Å². The average molecular weight is 267 g/mol. The minimum atomic E-state index is 0.330. The van der Waals surface area contributed by atoms with Gasteiger partial charge >= 0.3 is 0 Å². The maximum atomic E-state index is 5.66. The molecule has 2 heterocycles. The quantitative estimate of drug-likeness (QED) is 0.526. The van der Waals surface area contributed by atoms with Crippen molar-refractivity contribution in [2.45, 2.75) is 5.16 Å². The molecule has 0 radical (unpaired) electrons. The van der Waals surface area contributed by atoms with Crippen molar-refractivity contribution in [3.05, 3.63) is 29.3 Å². The number of nitrogens with zero attached hydrogens (tertiary/aromatic N) is 2. The van der Waals surface area contributed by atoms with Gasteiger partial charge in [-0.15, -0.1) is 11.3 Å². The van der Waals surface area contributed by atoms with E-state index in [4.69, 9.17) is 18.0 Å². The summed E-state index contributed by atoms with van der Waals surface area (Å²) in [6.45, 7) is 0. The van der Waals surface area contributed by atoms with Gasteiger partial charge in [-0.25, -0.2) is 9.97 Å². The van der Waals surface area contributed by atoms with Crippen LogP contribution in [0.5, 0.6) is 0 Å². The Kier molecular flexibility index (Phi) is 3.52. The van der Waals surface area contributed by atoms with Crippen LogP contribution in [-0.4, -0.2) is 21.2 Å². The van der Waals surface area contributed by atoms with Crippen LogP contribution in [-0.2, 0) is 0 Å². The summed E-state index contributed by atoms with van der Waals surface area (Å²) in [5.41, 5.74) is 7.21. The molecule has 0 aromatic carbocycles. The summed E-state index contributed by atoms with van der Waals surface area (Å²) in [6.07, 6.45) is 3.63. The number of rotatable bonds is 3. The van der Waals surface area contributed by atoms with Crippen molar-refractivity contribution < 1.29 is 0 Å². The summed E-state index contributed by atoms with van der Waals surface area (Å²) < 4.78 is 0. The van der Waals surface area contributed by atoms with Gasteiger partial charge in [-0.1, -0.05) is 30.0 Å². The lowest BCUT2D eigenvalue weighted by atomic mass is 10.2. The second-order valence-corrected chi connectivity index (χ2v) is 5.12. The van der Waals surface area contributed by atoms with Crippen molar-refractivity contribution in [1.29, 1.82) is 0 Å². The molecule has 0 aliphatic rings. The van der Waals surface area contributed by atoms with Crippen LogP contribution >= 0.6 is 35.3 Å². The molecule has 2 N–H and O–H groups in total. The number of hydrogen-bond donors (Lipinski definition) is 1. The molecule has 0 bridgehead atoms. The molecule has 0 fully saturated rings. The molecule has 2 rings (SSSR count). The molecule has 16 heavy (non-hydrogen) atoms. The van der Waals surface area contributed by atoms with Crippen LogP contribution in [0.2, 0.25) is 0 Å². The van der Waals surface area contributed by atoms with E-state index >= 15 is 0 Å². The highest BCUT2D eigenvalue weighted by Gasteiger charge is 2.11. The van der Waals surface area contributed by atoms with E-state index in [-0.39, 0.29) is 0 Å². The Labute approximate surface area is 107 Å². The molecule has 0 saturated carbocycles. The Bertz CT molecular complexity index is 508. The third-order valence-electron chi connectivity index (χ3n) is 1.97. The normalized spacial score (nSPS) is 10.3. The maximum absolute atomic E-state index is 5.66. The summed E-state index contributed by atoms with van der Waals surface area (Å²) in [7, 11) is 0. The predicted molar refractivity (Wildman–Crippen MR) is 73.0 cm³/mol. The lowest BCUT2D eigenvalue weighted by molar-refractivity contribution is 0.974. The minimum absolute atomic E-state index is 0.330. The van der Waals surface area contributed by atoms with Crippen LogP contribution in [0.1, 0.15) is 5.56 Å². The second-order valence-electron chi connectivity index (χ2n) is 2.96. The predicted octanol–water partition coefficient (Wildman–Crippen LogP) is 2.56. The summed E-state index contributed by atoms with van der Waals surface area (Å²) in [5, 5.41) is 2.72. The lowest BCUT2D eigenvalue weighted by Crippen LogP contribution is -2.12. The van der Waals surface area contributed by atoms with E-state index in [0.29, 0.717) is 4.99 Å². The van der Waals surface area contributed by atoms with Crippen molar-refractivity contribution >= 4 is 40.3 Å². The van der Waals surface area contributed by atoms with Crippen LogP contribution in [0, 0.1) is 0 Å². The van der Waals surface area contributed by atoms with Gasteiger partial charge < -0.3 is 5.73 Å². The molecule has 0 unspecified atom stereocenters. The van der Waals surface area contributed by atoms with Crippen LogP contribution in [0.3, 0.4) is 0 Å². The fraction of sp³-hybridized carbons (Fsp3) is 0.100. The van der Waals surface area contributed by atoms with E-state index in [1.807, 2.05) is 23.8 Å². The molecule has 2 aromatic heterocycles. The third kappa shape index (κ3) is 2.23. The lowest BCUT2D eigenvalue weighted by Gasteiger charge is -2.06.